The van der Waals surface area contributed by atoms with Crippen molar-refractivity contribution in [2.24, 2.45) is 5.92 Å². The maximum absolute atomic E-state index is 13.8. The fourth-order valence-electron chi connectivity index (χ4n) is 3.85. The van der Waals surface area contributed by atoms with Crippen LogP contribution in [0.5, 0.6) is 0 Å². The largest absolute Gasteiger partial charge is 0.480 e. The number of carbonyl (C=O) groups excluding carboxylic acids is 2. The van der Waals surface area contributed by atoms with Crippen LogP contribution in [0.3, 0.4) is 0 Å². The highest BCUT2D eigenvalue weighted by molar-refractivity contribution is 5.94. The zero-order valence-electron chi connectivity index (χ0n) is 14.9. The third kappa shape index (κ3) is 4.09. The average molecular weight is 380 g/mol. The minimum atomic E-state index is -0.984. The summed E-state index contributed by atoms with van der Waals surface area (Å²) in [5, 5.41) is 9.33. The van der Waals surface area contributed by atoms with Gasteiger partial charge in [-0.15, -0.1) is 0 Å². The molecule has 0 saturated carbocycles. The van der Waals surface area contributed by atoms with Crippen LogP contribution in [0.25, 0.3) is 0 Å². The van der Waals surface area contributed by atoms with Crippen molar-refractivity contribution in [2.75, 3.05) is 19.6 Å². The van der Waals surface area contributed by atoms with Crippen LogP contribution in [0.4, 0.5) is 8.78 Å². The van der Waals surface area contributed by atoms with Crippen molar-refractivity contribution in [1.82, 2.24) is 9.80 Å². The molecule has 2 amide bonds. The Hall–Kier alpha value is -2.51. The number of carboxylic acids is 1. The summed E-state index contributed by atoms with van der Waals surface area (Å²) in [6.07, 6.45) is 2.84. The summed E-state index contributed by atoms with van der Waals surface area (Å²) in [7, 11) is 0. The van der Waals surface area contributed by atoms with E-state index in [2.05, 4.69) is 0 Å². The fourth-order valence-corrected chi connectivity index (χ4v) is 3.85. The molecule has 1 N–H and O–H groups in total. The van der Waals surface area contributed by atoms with Gasteiger partial charge in [0, 0.05) is 31.6 Å². The van der Waals surface area contributed by atoms with Gasteiger partial charge in [0.2, 0.25) is 5.91 Å². The van der Waals surface area contributed by atoms with Crippen LogP contribution in [0, 0.1) is 17.6 Å². The number of amides is 2. The minimum Gasteiger partial charge on any atom is -0.480 e. The molecule has 0 radical (unpaired) electrons. The minimum absolute atomic E-state index is 0.179. The molecule has 3 rings (SSSR count). The molecule has 2 aliphatic rings. The fraction of sp³-hybridized carbons (Fsp3) is 0.526. The van der Waals surface area contributed by atoms with Gasteiger partial charge in [-0.1, -0.05) is 0 Å². The first kappa shape index (κ1) is 19.3. The number of nitrogens with zero attached hydrogens (tertiary/aromatic N) is 2. The second-order valence-electron chi connectivity index (χ2n) is 7.07. The van der Waals surface area contributed by atoms with Gasteiger partial charge in [0.1, 0.15) is 17.7 Å². The van der Waals surface area contributed by atoms with E-state index in [0.29, 0.717) is 31.9 Å². The van der Waals surface area contributed by atoms with Gasteiger partial charge in [-0.05, 0) is 44.2 Å². The molecule has 6 nitrogen and oxygen atoms in total. The molecule has 146 valence electrons. The number of benzene rings is 1. The first-order chi connectivity index (χ1) is 12.9. The summed E-state index contributed by atoms with van der Waals surface area (Å²) in [6.45, 7) is 0.991. The summed E-state index contributed by atoms with van der Waals surface area (Å²) < 4.78 is 26.8. The summed E-state index contributed by atoms with van der Waals surface area (Å²) in [4.78, 5) is 39.5. The first-order valence-corrected chi connectivity index (χ1v) is 9.16. The SMILES string of the molecule is O=C(O)[C@H]1CCCCN1C(=O)C1CCN(C(=O)c2ccc(F)cc2F)CC1. The Kier molecular flexibility index (Phi) is 5.72. The Morgan fingerprint density at radius 3 is 2.33 bits per heavy atom. The molecule has 0 spiro atoms. The maximum atomic E-state index is 13.8. The number of likely N-dealkylation sites (tertiary alicyclic amines) is 2. The molecule has 2 fully saturated rings. The third-order valence-corrected chi connectivity index (χ3v) is 5.36. The van der Waals surface area contributed by atoms with Crippen LogP contribution >= 0.6 is 0 Å². The number of hydrogen-bond acceptors (Lipinski definition) is 3. The molecule has 2 heterocycles. The van der Waals surface area contributed by atoms with Gasteiger partial charge in [0.15, 0.2) is 0 Å². The lowest BCUT2D eigenvalue weighted by Gasteiger charge is -2.38. The molecule has 2 saturated heterocycles. The van der Waals surface area contributed by atoms with E-state index < -0.39 is 29.6 Å². The Balaban J connectivity index is 1.62. The lowest BCUT2D eigenvalue weighted by molar-refractivity contribution is -0.154. The lowest BCUT2D eigenvalue weighted by Crippen LogP contribution is -2.52. The van der Waals surface area contributed by atoms with Gasteiger partial charge < -0.3 is 14.9 Å². The molecule has 0 aromatic heterocycles. The topological polar surface area (TPSA) is 77.9 Å². The van der Waals surface area contributed by atoms with Gasteiger partial charge >= 0.3 is 5.97 Å². The van der Waals surface area contributed by atoms with Crippen LogP contribution in [0.2, 0.25) is 0 Å². The van der Waals surface area contributed by atoms with Crippen molar-refractivity contribution >= 4 is 17.8 Å². The predicted molar refractivity (Wildman–Crippen MR) is 92.0 cm³/mol. The van der Waals surface area contributed by atoms with Crippen molar-refractivity contribution in [1.29, 1.82) is 0 Å². The number of aliphatic carboxylic acids is 1. The number of halogens is 2. The summed E-state index contributed by atoms with van der Waals surface area (Å²) >= 11 is 0. The number of rotatable bonds is 3. The molecule has 1 aromatic carbocycles. The highest BCUT2D eigenvalue weighted by Gasteiger charge is 2.37. The van der Waals surface area contributed by atoms with E-state index in [1.807, 2.05) is 0 Å². The summed E-state index contributed by atoms with van der Waals surface area (Å²) in [6, 6.07) is 2.05. The van der Waals surface area contributed by atoms with Crippen molar-refractivity contribution in [2.45, 2.75) is 38.1 Å². The van der Waals surface area contributed by atoms with E-state index in [1.165, 1.54) is 9.80 Å². The number of hydrogen-bond donors (Lipinski definition) is 1. The van der Waals surface area contributed by atoms with Crippen molar-refractivity contribution in [3.05, 3.63) is 35.4 Å². The second-order valence-corrected chi connectivity index (χ2v) is 7.07. The number of piperidine rings is 2. The molecular formula is C19H22F2N2O4. The maximum Gasteiger partial charge on any atom is 0.326 e. The molecule has 8 heteroatoms. The normalized spacial score (nSPS) is 21.2. The molecule has 1 aromatic rings. The zero-order chi connectivity index (χ0) is 19.6. The lowest BCUT2D eigenvalue weighted by atomic mass is 9.92. The molecule has 0 unspecified atom stereocenters. The Bertz CT molecular complexity index is 747. The Morgan fingerprint density at radius 1 is 1.00 bits per heavy atom. The van der Waals surface area contributed by atoms with E-state index in [-0.39, 0.29) is 30.5 Å². The molecule has 0 bridgehead atoms. The van der Waals surface area contributed by atoms with Crippen LogP contribution in [0.1, 0.15) is 42.5 Å². The smallest absolute Gasteiger partial charge is 0.326 e. The standard InChI is InChI=1S/C19H22F2N2O4/c20-13-4-5-14(15(21)11-13)18(25)22-9-6-12(7-10-22)17(24)23-8-2-1-3-16(23)19(26)27/h4-5,11-12,16H,1-3,6-10H2,(H,26,27)/t16-/m1/s1. The van der Waals surface area contributed by atoms with Crippen LogP contribution in [-0.2, 0) is 9.59 Å². The van der Waals surface area contributed by atoms with Crippen LogP contribution in [-0.4, -0.2) is 58.4 Å². The monoisotopic (exact) mass is 380 g/mol. The number of carboxylic acid groups (broad SMARTS) is 1. The van der Waals surface area contributed by atoms with Crippen molar-refractivity contribution in [3.63, 3.8) is 0 Å². The van der Waals surface area contributed by atoms with Crippen LogP contribution < -0.4 is 0 Å². The molecule has 27 heavy (non-hydrogen) atoms. The molecule has 0 aliphatic carbocycles. The zero-order valence-corrected chi connectivity index (χ0v) is 14.9. The summed E-state index contributed by atoms with van der Waals surface area (Å²) in [5.74, 6) is -3.69. The highest BCUT2D eigenvalue weighted by atomic mass is 19.1. The molecule has 2 aliphatic heterocycles. The third-order valence-electron chi connectivity index (χ3n) is 5.36. The quantitative estimate of drug-likeness (QED) is 0.873. The number of carbonyl (C=O) groups is 3. The van der Waals surface area contributed by atoms with E-state index in [9.17, 15) is 28.3 Å². The van der Waals surface area contributed by atoms with Crippen LogP contribution in [0.15, 0.2) is 18.2 Å². The van der Waals surface area contributed by atoms with E-state index in [0.717, 1.165) is 25.0 Å². The van der Waals surface area contributed by atoms with Gasteiger partial charge in [-0.2, -0.15) is 0 Å². The molecular weight excluding hydrogens is 358 g/mol. The van der Waals surface area contributed by atoms with Crippen molar-refractivity contribution in [3.8, 4) is 0 Å². The Morgan fingerprint density at radius 2 is 1.70 bits per heavy atom. The predicted octanol–water partition coefficient (Wildman–Crippen LogP) is 2.28. The van der Waals surface area contributed by atoms with E-state index in [1.54, 1.807) is 0 Å². The average Bonchev–Trinajstić information content (AvgIpc) is 2.67. The highest BCUT2D eigenvalue weighted by Crippen LogP contribution is 2.26. The Labute approximate surface area is 155 Å². The van der Waals surface area contributed by atoms with Gasteiger partial charge in [-0.25, -0.2) is 13.6 Å². The van der Waals surface area contributed by atoms with E-state index >= 15 is 0 Å². The van der Waals surface area contributed by atoms with Gasteiger partial charge in [0.05, 0.1) is 5.56 Å². The van der Waals surface area contributed by atoms with E-state index in [4.69, 9.17) is 0 Å². The van der Waals surface area contributed by atoms with Gasteiger partial charge in [0.25, 0.3) is 5.91 Å². The molecule has 1 atom stereocenters. The summed E-state index contributed by atoms with van der Waals surface area (Å²) in [5.41, 5.74) is -0.192. The van der Waals surface area contributed by atoms with Gasteiger partial charge in [-0.3, -0.25) is 9.59 Å². The second kappa shape index (κ2) is 8.02. The van der Waals surface area contributed by atoms with Crippen molar-refractivity contribution < 1.29 is 28.3 Å². The first-order valence-electron chi connectivity index (χ1n) is 9.16.